The van der Waals surface area contributed by atoms with Crippen LogP contribution >= 0.6 is 0 Å². The molecule has 0 radical (unpaired) electrons. The van der Waals surface area contributed by atoms with Crippen LogP contribution in [0, 0.1) is 6.92 Å². The highest BCUT2D eigenvalue weighted by atomic mass is 16.6. The van der Waals surface area contributed by atoms with Gasteiger partial charge in [-0.3, -0.25) is 0 Å². The second kappa shape index (κ2) is 9.44. The minimum Gasteiger partial charge on any atom is -0.462 e. The number of aryl methyl sites for hydroxylation is 1. The standard InChI is InChI=1S/C16H20N2O4/c1-4-21-15(19)13(16(20)22-5-2)9-7-11-17-14-10-6-8-12(3)18-14/h6,8-11H,4-5,7H2,1-3H3. The lowest BCUT2D eigenvalue weighted by Crippen LogP contribution is -2.18. The third-order valence-electron chi connectivity index (χ3n) is 2.52. The summed E-state index contributed by atoms with van der Waals surface area (Å²) in [4.78, 5) is 31.8. The molecular formula is C16H20N2O4. The lowest BCUT2D eigenvalue weighted by molar-refractivity contribution is -0.146. The maximum Gasteiger partial charge on any atom is 0.345 e. The van der Waals surface area contributed by atoms with Crippen LogP contribution in [0.15, 0.2) is 34.8 Å². The smallest absolute Gasteiger partial charge is 0.345 e. The molecule has 0 saturated heterocycles. The Morgan fingerprint density at radius 2 is 1.82 bits per heavy atom. The molecule has 0 spiro atoms. The van der Waals surface area contributed by atoms with E-state index < -0.39 is 11.9 Å². The van der Waals surface area contributed by atoms with E-state index in [9.17, 15) is 9.59 Å². The summed E-state index contributed by atoms with van der Waals surface area (Å²) in [6, 6.07) is 5.50. The van der Waals surface area contributed by atoms with Crippen LogP contribution in [0.1, 0.15) is 26.0 Å². The van der Waals surface area contributed by atoms with E-state index >= 15 is 0 Å². The van der Waals surface area contributed by atoms with Crippen LogP contribution in [0.5, 0.6) is 0 Å². The second-order valence-electron chi connectivity index (χ2n) is 4.24. The molecule has 1 aromatic heterocycles. The zero-order valence-corrected chi connectivity index (χ0v) is 13.0. The van der Waals surface area contributed by atoms with E-state index in [0.29, 0.717) is 12.2 Å². The molecule has 1 heterocycles. The van der Waals surface area contributed by atoms with E-state index in [1.54, 1.807) is 26.1 Å². The Bertz CT molecular complexity index is 559. The molecule has 0 fully saturated rings. The van der Waals surface area contributed by atoms with Crippen LogP contribution in [0.25, 0.3) is 0 Å². The molecule has 0 aromatic carbocycles. The molecule has 0 N–H and O–H groups in total. The van der Waals surface area contributed by atoms with Crippen molar-refractivity contribution < 1.29 is 19.1 Å². The molecule has 22 heavy (non-hydrogen) atoms. The summed E-state index contributed by atoms with van der Waals surface area (Å²) in [7, 11) is 0. The molecule has 0 atom stereocenters. The highest BCUT2D eigenvalue weighted by molar-refractivity contribution is 6.14. The maximum atomic E-state index is 11.7. The largest absolute Gasteiger partial charge is 0.462 e. The molecule has 1 aromatic rings. The molecule has 0 aliphatic rings. The van der Waals surface area contributed by atoms with E-state index in [1.165, 1.54) is 6.08 Å². The zero-order valence-electron chi connectivity index (χ0n) is 13.0. The molecule has 6 heteroatoms. The number of allylic oxidation sites excluding steroid dienone is 1. The molecule has 6 nitrogen and oxygen atoms in total. The first-order chi connectivity index (χ1) is 10.6. The van der Waals surface area contributed by atoms with E-state index in [1.807, 2.05) is 19.1 Å². The van der Waals surface area contributed by atoms with E-state index in [-0.39, 0.29) is 18.8 Å². The molecular weight excluding hydrogens is 284 g/mol. The molecule has 0 unspecified atom stereocenters. The van der Waals surface area contributed by atoms with Crippen LogP contribution < -0.4 is 0 Å². The Kier molecular flexibility index (Phi) is 7.53. The third kappa shape index (κ3) is 5.87. The Labute approximate surface area is 129 Å². The van der Waals surface area contributed by atoms with Crippen LogP contribution in [-0.4, -0.2) is 36.4 Å². The third-order valence-corrected chi connectivity index (χ3v) is 2.52. The number of carbonyl (C=O) groups excluding carboxylic acids is 2. The van der Waals surface area contributed by atoms with Crippen LogP contribution in [0.4, 0.5) is 5.82 Å². The number of esters is 2. The predicted molar refractivity (Wildman–Crippen MR) is 83.1 cm³/mol. The predicted octanol–water partition coefficient (Wildman–Crippen LogP) is 2.54. The summed E-state index contributed by atoms with van der Waals surface area (Å²) in [5.41, 5.74) is 0.747. The minimum absolute atomic E-state index is 0.118. The lowest BCUT2D eigenvalue weighted by atomic mass is 10.2. The van der Waals surface area contributed by atoms with Crippen molar-refractivity contribution in [3.8, 4) is 0 Å². The fourth-order valence-corrected chi connectivity index (χ4v) is 1.59. The van der Waals surface area contributed by atoms with Gasteiger partial charge < -0.3 is 9.47 Å². The summed E-state index contributed by atoms with van der Waals surface area (Å²) in [5.74, 6) is -0.812. The maximum absolute atomic E-state index is 11.7. The van der Waals surface area contributed by atoms with Crippen LogP contribution in [0.3, 0.4) is 0 Å². The highest BCUT2D eigenvalue weighted by Gasteiger charge is 2.19. The van der Waals surface area contributed by atoms with Crippen LogP contribution in [0.2, 0.25) is 0 Å². The Hall–Kier alpha value is -2.50. The van der Waals surface area contributed by atoms with Crippen molar-refractivity contribution in [2.45, 2.75) is 27.2 Å². The van der Waals surface area contributed by atoms with Gasteiger partial charge in [0, 0.05) is 18.3 Å². The molecule has 0 bridgehead atoms. The van der Waals surface area contributed by atoms with Gasteiger partial charge in [0.25, 0.3) is 0 Å². The average molecular weight is 304 g/mol. The van der Waals surface area contributed by atoms with Gasteiger partial charge in [-0.15, -0.1) is 0 Å². The van der Waals surface area contributed by atoms with Crippen molar-refractivity contribution in [2.24, 2.45) is 4.99 Å². The van der Waals surface area contributed by atoms with Crippen molar-refractivity contribution in [1.82, 2.24) is 4.98 Å². The van der Waals surface area contributed by atoms with Crippen molar-refractivity contribution in [2.75, 3.05) is 13.2 Å². The number of pyridine rings is 1. The van der Waals surface area contributed by atoms with Gasteiger partial charge in [0.1, 0.15) is 5.57 Å². The van der Waals surface area contributed by atoms with E-state index in [2.05, 4.69) is 9.98 Å². The van der Waals surface area contributed by atoms with Gasteiger partial charge in [-0.2, -0.15) is 0 Å². The van der Waals surface area contributed by atoms with Gasteiger partial charge in [0.05, 0.1) is 13.2 Å². The molecule has 1 rings (SSSR count). The number of nitrogens with zero attached hydrogens (tertiary/aromatic N) is 2. The number of carbonyl (C=O) groups is 2. The van der Waals surface area contributed by atoms with Crippen molar-refractivity contribution in [3.63, 3.8) is 0 Å². The van der Waals surface area contributed by atoms with Gasteiger partial charge >= 0.3 is 11.9 Å². The second-order valence-corrected chi connectivity index (χ2v) is 4.24. The molecule has 0 aliphatic carbocycles. The fourth-order valence-electron chi connectivity index (χ4n) is 1.59. The average Bonchev–Trinajstić information content (AvgIpc) is 2.47. The van der Waals surface area contributed by atoms with Crippen molar-refractivity contribution >= 4 is 24.0 Å². The Morgan fingerprint density at radius 1 is 1.18 bits per heavy atom. The molecule has 0 aliphatic heterocycles. The lowest BCUT2D eigenvalue weighted by Gasteiger charge is -2.05. The minimum atomic E-state index is -0.692. The monoisotopic (exact) mass is 304 g/mol. The van der Waals surface area contributed by atoms with Crippen molar-refractivity contribution in [1.29, 1.82) is 0 Å². The summed E-state index contributed by atoms with van der Waals surface area (Å²) in [6.45, 7) is 5.60. The number of ether oxygens (including phenoxy) is 2. The SMILES string of the molecule is CCOC(=O)C(=CCC=Nc1cccc(C)n1)C(=O)OCC. The first-order valence-electron chi connectivity index (χ1n) is 7.09. The molecule has 118 valence electrons. The normalized spacial score (nSPS) is 10.3. The van der Waals surface area contributed by atoms with Gasteiger partial charge in [0.2, 0.25) is 0 Å². The molecule has 0 saturated carbocycles. The summed E-state index contributed by atoms with van der Waals surface area (Å²) >= 11 is 0. The van der Waals surface area contributed by atoms with Crippen molar-refractivity contribution in [3.05, 3.63) is 35.5 Å². The Balaban J connectivity index is 2.75. The fraction of sp³-hybridized carbons (Fsp3) is 0.375. The van der Waals surface area contributed by atoms with E-state index in [0.717, 1.165) is 5.69 Å². The summed E-state index contributed by atoms with van der Waals surface area (Å²) < 4.78 is 9.68. The number of hydrogen-bond donors (Lipinski definition) is 0. The topological polar surface area (TPSA) is 77.9 Å². The number of rotatable bonds is 7. The first-order valence-corrected chi connectivity index (χ1v) is 7.09. The van der Waals surface area contributed by atoms with Gasteiger partial charge in [0.15, 0.2) is 5.82 Å². The highest BCUT2D eigenvalue weighted by Crippen LogP contribution is 2.08. The zero-order chi connectivity index (χ0) is 16.4. The van der Waals surface area contributed by atoms with Crippen LogP contribution in [-0.2, 0) is 19.1 Å². The van der Waals surface area contributed by atoms with Gasteiger partial charge in [-0.05, 0) is 32.9 Å². The number of aliphatic imine (C=N–C) groups is 1. The van der Waals surface area contributed by atoms with Gasteiger partial charge in [-0.1, -0.05) is 12.1 Å². The Morgan fingerprint density at radius 3 is 2.36 bits per heavy atom. The van der Waals surface area contributed by atoms with Gasteiger partial charge in [-0.25, -0.2) is 19.6 Å². The summed E-state index contributed by atoms with van der Waals surface area (Å²) in [6.07, 6.45) is 3.30. The number of aromatic nitrogens is 1. The quantitative estimate of drug-likeness (QED) is 0.254. The van der Waals surface area contributed by atoms with E-state index in [4.69, 9.17) is 9.47 Å². The summed E-state index contributed by atoms with van der Waals surface area (Å²) in [5, 5.41) is 0. The molecule has 0 amide bonds. The first kappa shape index (κ1) is 17.6. The number of hydrogen-bond acceptors (Lipinski definition) is 6.